The average Bonchev–Trinajstić information content (AvgIpc) is 3.03. The van der Waals surface area contributed by atoms with E-state index in [1.807, 2.05) is 13.8 Å². The molecule has 0 saturated heterocycles. The van der Waals surface area contributed by atoms with E-state index < -0.39 is 0 Å². The second-order valence-corrected chi connectivity index (χ2v) is 6.45. The smallest absolute Gasteiger partial charge is 0.310 e. The third kappa shape index (κ3) is 6.77. The van der Waals surface area contributed by atoms with E-state index in [9.17, 15) is 4.79 Å². The van der Waals surface area contributed by atoms with Crippen LogP contribution in [0.15, 0.2) is 4.99 Å². The Labute approximate surface area is 140 Å². The standard InChI is InChI=1S/C17H33N3O3/c1-5-18-16(19-12-14(2)15(21)23-4)20-13-17(10-11-22-3)8-6-7-9-17/h14H,5-13H2,1-4H3,(H2,18,19,20). The van der Waals surface area contributed by atoms with Crippen molar-refractivity contribution in [3.05, 3.63) is 0 Å². The molecule has 0 aromatic carbocycles. The number of hydrogen-bond donors (Lipinski definition) is 2. The Morgan fingerprint density at radius 1 is 1.26 bits per heavy atom. The molecule has 1 fully saturated rings. The van der Waals surface area contributed by atoms with E-state index in [2.05, 4.69) is 10.6 Å². The van der Waals surface area contributed by atoms with Crippen LogP contribution in [0, 0.1) is 11.3 Å². The molecule has 1 aliphatic rings. The molecule has 1 aliphatic carbocycles. The lowest BCUT2D eigenvalue weighted by Gasteiger charge is -2.27. The minimum absolute atomic E-state index is 0.196. The lowest BCUT2D eigenvalue weighted by Crippen LogP contribution is -2.41. The van der Waals surface area contributed by atoms with E-state index in [1.165, 1.54) is 32.8 Å². The van der Waals surface area contributed by atoms with Crippen LogP contribution in [0.5, 0.6) is 0 Å². The zero-order chi connectivity index (χ0) is 17.1. The molecule has 6 nitrogen and oxygen atoms in total. The normalized spacial score (nSPS) is 18.5. The number of nitrogens with one attached hydrogen (secondary N) is 2. The molecule has 0 heterocycles. The van der Waals surface area contributed by atoms with E-state index >= 15 is 0 Å². The quantitative estimate of drug-likeness (QED) is 0.385. The predicted molar refractivity (Wildman–Crippen MR) is 92.6 cm³/mol. The molecule has 0 radical (unpaired) electrons. The third-order valence-electron chi connectivity index (χ3n) is 4.60. The van der Waals surface area contributed by atoms with Crippen LogP contribution in [-0.4, -0.2) is 52.4 Å². The van der Waals surface area contributed by atoms with E-state index in [1.54, 1.807) is 7.11 Å². The Balaban J connectivity index is 2.60. The third-order valence-corrected chi connectivity index (χ3v) is 4.60. The molecule has 0 amide bonds. The van der Waals surface area contributed by atoms with Crippen molar-refractivity contribution in [3.63, 3.8) is 0 Å². The summed E-state index contributed by atoms with van der Waals surface area (Å²) in [7, 11) is 3.17. The van der Waals surface area contributed by atoms with E-state index in [-0.39, 0.29) is 17.3 Å². The highest BCUT2D eigenvalue weighted by Crippen LogP contribution is 2.41. The number of carbonyl (C=O) groups is 1. The number of guanidine groups is 1. The van der Waals surface area contributed by atoms with Crippen LogP contribution in [0.25, 0.3) is 0 Å². The van der Waals surface area contributed by atoms with Gasteiger partial charge in [-0.2, -0.15) is 0 Å². The first kappa shape index (κ1) is 19.7. The summed E-state index contributed by atoms with van der Waals surface area (Å²) in [6.07, 6.45) is 6.06. The van der Waals surface area contributed by atoms with Crippen LogP contribution >= 0.6 is 0 Å². The van der Waals surface area contributed by atoms with E-state index in [0.29, 0.717) is 6.54 Å². The van der Waals surface area contributed by atoms with Crippen LogP contribution < -0.4 is 10.6 Å². The molecule has 0 spiro atoms. The summed E-state index contributed by atoms with van der Waals surface area (Å²) in [6.45, 7) is 6.79. The molecule has 23 heavy (non-hydrogen) atoms. The number of carbonyl (C=O) groups excluding carboxylic acids is 1. The zero-order valence-corrected chi connectivity index (χ0v) is 15.1. The molecular weight excluding hydrogens is 294 g/mol. The fourth-order valence-electron chi connectivity index (χ4n) is 3.05. The number of methoxy groups -OCH3 is 2. The zero-order valence-electron chi connectivity index (χ0n) is 15.1. The Kier molecular flexibility index (Phi) is 8.99. The number of hydrogen-bond acceptors (Lipinski definition) is 4. The minimum Gasteiger partial charge on any atom is -0.469 e. The van der Waals surface area contributed by atoms with Crippen molar-refractivity contribution in [2.45, 2.75) is 46.0 Å². The van der Waals surface area contributed by atoms with Gasteiger partial charge in [0, 0.05) is 33.4 Å². The molecule has 0 bridgehead atoms. The Hall–Kier alpha value is -1.30. The Morgan fingerprint density at radius 2 is 1.96 bits per heavy atom. The van der Waals surface area contributed by atoms with Crippen molar-refractivity contribution in [2.24, 2.45) is 16.3 Å². The number of ether oxygens (including phenoxy) is 2. The first-order valence-corrected chi connectivity index (χ1v) is 8.66. The van der Waals surface area contributed by atoms with Gasteiger partial charge in [-0.15, -0.1) is 0 Å². The lowest BCUT2D eigenvalue weighted by atomic mass is 9.83. The van der Waals surface area contributed by atoms with Gasteiger partial charge < -0.3 is 20.1 Å². The molecule has 1 rings (SSSR count). The Bertz CT molecular complexity index is 379. The van der Waals surface area contributed by atoms with Gasteiger partial charge in [0.05, 0.1) is 13.0 Å². The summed E-state index contributed by atoms with van der Waals surface area (Å²) >= 11 is 0. The maximum absolute atomic E-state index is 11.5. The summed E-state index contributed by atoms with van der Waals surface area (Å²) in [5.74, 6) is 0.366. The minimum atomic E-state index is -0.208. The van der Waals surface area contributed by atoms with Gasteiger partial charge in [-0.3, -0.25) is 9.79 Å². The molecule has 1 atom stereocenters. The molecule has 0 aliphatic heterocycles. The van der Waals surface area contributed by atoms with Crippen molar-refractivity contribution < 1.29 is 14.3 Å². The fraction of sp³-hybridized carbons (Fsp3) is 0.882. The topological polar surface area (TPSA) is 72.0 Å². The summed E-state index contributed by atoms with van der Waals surface area (Å²) < 4.78 is 10.0. The number of esters is 1. The highest BCUT2D eigenvalue weighted by molar-refractivity contribution is 5.80. The van der Waals surface area contributed by atoms with Crippen LogP contribution in [0.2, 0.25) is 0 Å². The van der Waals surface area contributed by atoms with Crippen molar-refractivity contribution >= 4 is 11.9 Å². The van der Waals surface area contributed by atoms with Gasteiger partial charge in [-0.1, -0.05) is 19.8 Å². The van der Waals surface area contributed by atoms with Crippen molar-refractivity contribution in [3.8, 4) is 0 Å². The van der Waals surface area contributed by atoms with Gasteiger partial charge in [-0.25, -0.2) is 0 Å². The average molecular weight is 327 g/mol. The summed E-state index contributed by atoms with van der Waals surface area (Å²) in [6, 6.07) is 0. The summed E-state index contributed by atoms with van der Waals surface area (Å²) in [5, 5.41) is 6.49. The molecule has 1 saturated carbocycles. The molecule has 0 aromatic rings. The molecule has 0 aromatic heterocycles. The highest BCUT2D eigenvalue weighted by Gasteiger charge is 2.33. The molecular formula is C17H33N3O3. The highest BCUT2D eigenvalue weighted by atomic mass is 16.5. The van der Waals surface area contributed by atoms with Crippen molar-refractivity contribution in [1.82, 2.24) is 10.6 Å². The monoisotopic (exact) mass is 327 g/mol. The van der Waals surface area contributed by atoms with Gasteiger partial charge in [-0.05, 0) is 31.6 Å². The number of nitrogens with zero attached hydrogens (tertiary/aromatic N) is 1. The number of aliphatic imine (C=N–C) groups is 1. The van der Waals surface area contributed by atoms with Gasteiger partial charge in [0.15, 0.2) is 5.96 Å². The number of rotatable bonds is 9. The molecule has 134 valence electrons. The maximum atomic E-state index is 11.5. The predicted octanol–water partition coefficient (Wildman–Crippen LogP) is 1.95. The maximum Gasteiger partial charge on any atom is 0.310 e. The molecule has 2 N–H and O–H groups in total. The van der Waals surface area contributed by atoms with Gasteiger partial charge in [0.1, 0.15) is 0 Å². The Morgan fingerprint density at radius 3 is 2.52 bits per heavy atom. The van der Waals surface area contributed by atoms with Crippen LogP contribution in [0.4, 0.5) is 0 Å². The van der Waals surface area contributed by atoms with Crippen LogP contribution in [0.3, 0.4) is 0 Å². The first-order chi connectivity index (χ1) is 11.1. The van der Waals surface area contributed by atoms with E-state index in [4.69, 9.17) is 14.5 Å². The second kappa shape index (κ2) is 10.5. The van der Waals surface area contributed by atoms with Crippen LogP contribution in [-0.2, 0) is 14.3 Å². The largest absolute Gasteiger partial charge is 0.469 e. The van der Waals surface area contributed by atoms with Crippen molar-refractivity contribution in [2.75, 3.05) is 40.5 Å². The lowest BCUT2D eigenvalue weighted by molar-refractivity contribution is -0.144. The first-order valence-electron chi connectivity index (χ1n) is 8.66. The van der Waals surface area contributed by atoms with Gasteiger partial charge >= 0.3 is 5.97 Å². The fourth-order valence-corrected chi connectivity index (χ4v) is 3.05. The van der Waals surface area contributed by atoms with Crippen LogP contribution in [0.1, 0.15) is 46.0 Å². The van der Waals surface area contributed by atoms with Gasteiger partial charge in [0.25, 0.3) is 0 Å². The van der Waals surface area contributed by atoms with Crippen molar-refractivity contribution in [1.29, 1.82) is 0 Å². The second-order valence-electron chi connectivity index (χ2n) is 6.45. The summed E-state index contributed by atoms with van der Waals surface area (Å²) in [5.41, 5.74) is 0.270. The van der Waals surface area contributed by atoms with Gasteiger partial charge in [0.2, 0.25) is 0 Å². The van der Waals surface area contributed by atoms with E-state index in [0.717, 1.165) is 32.1 Å². The SMILES string of the molecule is CCNC(=NCC1(CCOC)CCCC1)NCC(C)C(=O)OC. The molecule has 6 heteroatoms. The molecule has 1 unspecified atom stereocenters. The summed E-state index contributed by atoms with van der Waals surface area (Å²) in [4.78, 5) is 16.2.